The van der Waals surface area contributed by atoms with Gasteiger partial charge >= 0.3 is 0 Å². The number of nitrogens with zero attached hydrogens (tertiary/aromatic N) is 2. The fourth-order valence-corrected chi connectivity index (χ4v) is 3.11. The van der Waals surface area contributed by atoms with Crippen molar-refractivity contribution in [1.82, 2.24) is 15.1 Å². The van der Waals surface area contributed by atoms with Crippen LogP contribution in [0.4, 0.5) is 0 Å². The third-order valence-corrected chi connectivity index (χ3v) is 4.44. The Hall–Kier alpha value is -0.610. The summed E-state index contributed by atoms with van der Waals surface area (Å²) in [6.45, 7) is 6.13. The van der Waals surface area contributed by atoms with Gasteiger partial charge in [0.25, 0.3) is 0 Å². The zero-order valence-corrected chi connectivity index (χ0v) is 12.8. The van der Waals surface area contributed by atoms with Crippen molar-refractivity contribution in [3.63, 3.8) is 0 Å². The maximum Gasteiger partial charge on any atom is 0.0767 e. The third-order valence-electron chi connectivity index (χ3n) is 3.52. The summed E-state index contributed by atoms with van der Waals surface area (Å²) in [6, 6.07) is 0.618. The molecule has 0 aliphatic heterocycles. The molecular formula is C14H22BrN3. The van der Waals surface area contributed by atoms with Crippen LogP contribution in [0.2, 0.25) is 0 Å². The number of hydrogen-bond donors (Lipinski definition) is 1. The number of allylic oxidation sites excluding steroid dienone is 1. The molecule has 0 spiro atoms. The Morgan fingerprint density at radius 2 is 2.28 bits per heavy atom. The highest BCUT2D eigenvalue weighted by Crippen LogP contribution is 2.22. The van der Waals surface area contributed by atoms with Crippen molar-refractivity contribution in [3.05, 3.63) is 28.0 Å². The minimum Gasteiger partial charge on any atom is -0.308 e. The Bertz CT molecular complexity index is 423. The molecule has 3 nitrogen and oxygen atoms in total. The standard InChI is InChI=1S/C14H22BrN3/c1-3-12-14(15)13(18(4-2)17-12)10-16-11-8-6-5-7-9-11/h5-6,11,16H,3-4,7-10H2,1-2H3. The Labute approximate surface area is 118 Å². The molecule has 1 aliphatic rings. The zero-order valence-electron chi connectivity index (χ0n) is 11.2. The van der Waals surface area contributed by atoms with Crippen LogP contribution >= 0.6 is 15.9 Å². The molecule has 1 aromatic rings. The molecule has 1 unspecified atom stereocenters. The van der Waals surface area contributed by atoms with E-state index in [1.807, 2.05) is 0 Å². The molecule has 0 aromatic carbocycles. The van der Waals surface area contributed by atoms with Crippen LogP contribution in [-0.2, 0) is 19.5 Å². The van der Waals surface area contributed by atoms with E-state index < -0.39 is 0 Å². The van der Waals surface area contributed by atoms with Gasteiger partial charge in [-0.25, -0.2) is 0 Å². The first-order valence-electron chi connectivity index (χ1n) is 6.88. The summed E-state index contributed by atoms with van der Waals surface area (Å²) < 4.78 is 3.29. The Morgan fingerprint density at radius 3 is 2.89 bits per heavy atom. The van der Waals surface area contributed by atoms with Crippen molar-refractivity contribution < 1.29 is 0 Å². The van der Waals surface area contributed by atoms with Gasteiger partial charge < -0.3 is 5.32 Å². The number of rotatable bonds is 5. The minimum atomic E-state index is 0.618. The van der Waals surface area contributed by atoms with Gasteiger partial charge in [0.05, 0.1) is 15.9 Å². The van der Waals surface area contributed by atoms with Crippen LogP contribution in [0.5, 0.6) is 0 Å². The second-order valence-electron chi connectivity index (χ2n) is 4.74. The summed E-state index contributed by atoms with van der Waals surface area (Å²) in [7, 11) is 0. The maximum absolute atomic E-state index is 4.63. The van der Waals surface area contributed by atoms with Gasteiger partial charge in [0.1, 0.15) is 0 Å². The molecule has 1 heterocycles. The van der Waals surface area contributed by atoms with Gasteiger partial charge in [0, 0.05) is 19.1 Å². The van der Waals surface area contributed by atoms with Crippen molar-refractivity contribution in [2.24, 2.45) is 0 Å². The largest absolute Gasteiger partial charge is 0.308 e. The molecule has 1 aliphatic carbocycles. The molecule has 0 fully saturated rings. The van der Waals surface area contributed by atoms with E-state index in [1.165, 1.54) is 23.0 Å². The van der Waals surface area contributed by atoms with Crippen molar-refractivity contribution >= 4 is 15.9 Å². The number of aryl methyl sites for hydroxylation is 2. The summed E-state index contributed by atoms with van der Waals surface area (Å²) in [4.78, 5) is 0. The molecule has 18 heavy (non-hydrogen) atoms. The highest BCUT2D eigenvalue weighted by molar-refractivity contribution is 9.10. The SMILES string of the molecule is CCc1nn(CC)c(CNC2CC=CCC2)c1Br. The summed E-state index contributed by atoms with van der Waals surface area (Å²) in [6.07, 6.45) is 9.14. The normalized spacial score (nSPS) is 19.4. The summed E-state index contributed by atoms with van der Waals surface area (Å²) in [5.41, 5.74) is 2.45. The fraction of sp³-hybridized carbons (Fsp3) is 0.643. The van der Waals surface area contributed by atoms with Crippen molar-refractivity contribution in [1.29, 1.82) is 0 Å². The van der Waals surface area contributed by atoms with Crippen LogP contribution in [0.1, 0.15) is 44.5 Å². The van der Waals surface area contributed by atoms with E-state index in [1.54, 1.807) is 0 Å². The molecule has 0 saturated carbocycles. The number of halogens is 1. The lowest BCUT2D eigenvalue weighted by Crippen LogP contribution is -2.30. The average molecular weight is 312 g/mol. The molecule has 0 amide bonds. The van der Waals surface area contributed by atoms with Crippen molar-refractivity contribution in [2.45, 2.75) is 58.7 Å². The zero-order chi connectivity index (χ0) is 13.0. The van der Waals surface area contributed by atoms with Gasteiger partial charge in [-0.3, -0.25) is 4.68 Å². The lowest BCUT2D eigenvalue weighted by molar-refractivity contribution is 0.459. The Morgan fingerprint density at radius 1 is 1.44 bits per heavy atom. The van der Waals surface area contributed by atoms with E-state index in [9.17, 15) is 0 Å². The van der Waals surface area contributed by atoms with Crippen LogP contribution in [0.3, 0.4) is 0 Å². The minimum absolute atomic E-state index is 0.618. The van der Waals surface area contributed by atoms with E-state index in [-0.39, 0.29) is 0 Å². The molecule has 1 aromatic heterocycles. The fourth-order valence-electron chi connectivity index (χ4n) is 2.41. The van der Waals surface area contributed by atoms with E-state index in [2.05, 4.69) is 57.0 Å². The topological polar surface area (TPSA) is 29.9 Å². The molecule has 0 radical (unpaired) electrons. The van der Waals surface area contributed by atoms with Gasteiger partial charge in [0.15, 0.2) is 0 Å². The molecule has 0 saturated heterocycles. The highest BCUT2D eigenvalue weighted by Gasteiger charge is 2.15. The average Bonchev–Trinajstić information content (AvgIpc) is 2.73. The van der Waals surface area contributed by atoms with Crippen molar-refractivity contribution in [2.75, 3.05) is 0 Å². The highest BCUT2D eigenvalue weighted by atomic mass is 79.9. The summed E-state index contributed by atoms with van der Waals surface area (Å²) >= 11 is 3.69. The van der Waals surface area contributed by atoms with Crippen molar-refractivity contribution in [3.8, 4) is 0 Å². The smallest absolute Gasteiger partial charge is 0.0767 e. The summed E-state index contributed by atoms with van der Waals surface area (Å²) in [5.74, 6) is 0. The molecule has 100 valence electrons. The third kappa shape index (κ3) is 3.04. The van der Waals surface area contributed by atoms with Crippen LogP contribution < -0.4 is 5.32 Å². The monoisotopic (exact) mass is 311 g/mol. The predicted molar refractivity (Wildman–Crippen MR) is 78.6 cm³/mol. The first-order chi connectivity index (χ1) is 8.76. The second kappa shape index (κ2) is 6.53. The second-order valence-corrected chi connectivity index (χ2v) is 5.53. The van der Waals surface area contributed by atoms with E-state index in [4.69, 9.17) is 0 Å². The molecule has 2 rings (SSSR count). The van der Waals surface area contributed by atoms with Gasteiger partial charge in [-0.1, -0.05) is 19.1 Å². The predicted octanol–water partition coefficient (Wildman–Crippen LogP) is 3.43. The van der Waals surface area contributed by atoms with Gasteiger partial charge in [-0.2, -0.15) is 5.10 Å². The van der Waals surface area contributed by atoms with Crippen LogP contribution in [0, 0.1) is 0 Å². The Kier molecular flexibility index (Phi) is 5.01. The molecule has 1 atom stereocenters. The molecule has 1 N–H and O–H groups in total. The number of nitrogens with one attached hydrogen (secondary N) is 1. The number of hydrogen-bond acceptors (Lipinski definition) is 2. The first-order valence-corrected chi connectivity index (χ1v) is 7.68. The van der Waals surface area contributed by atoms with E-state index in [0.717, 1.165) is 31.6 Å². The lowest BCUT2D eigenvalue weighted by Gasteiger charge is -2.19. The van der Waals surface area contributed by atoms with E-state index in [0.29, 0.717) is 6.04 Å². The number of aromatic nitrogens is 2. The lowest BCUT2D eigenvalue weighted by atomic mass is 10.0. The van der Waals surface area contributed by atoms with Crippen LogP contribution in [0.25, 0.3) is 0 Å². The van der Waals surface area contributed by atoms with Gasteiger partial charge in [0.2, 0.25) is 0 Å². The molecule has 4 heteroatoms. The molecule has 0 bridgehead atoms. The van der Waals surface area contributed by atoms with E-state index >= 15 is 0 Å². The summed E-state index contributed by atoms with van der Waals surface area (Å²) in [5, 5.41) is 8.28. The first kappa shape index (κ1) is 13.8. The quantitative estimate of drug-likeness (QED) is 0.844. The van der Waals surface area contributed by atoms with Crippen LogP contribution in [-0.4, -0.2) is 15.8 Å². The van der Waals surface area contributed by atoms with Crippen LogP contribution in [0.15, 0.2) is 16.6 Å². The Balaban J connectivity index is 2.03. The van der Waals surface area contributed by atoms with Gasteiger partial charge in [-0.05, 0) is 48.5 Å². The molecular weight excluding hydrogens is 290 g/mol. The maximum atomic E-state index is 4.63. The van der Waals surface area contributed by atoms with Gasteiger partial charge in [-0.15, -0.1) is 0 Å².